The van der Waals surface area contributed by atoms with E-state index >= 15 is 0 Å². The molecule has 0 bridgehead atoms. The molecule has 1 unspecified atom stereocenters. The average Bonchev–Trinajstić information content (AvgIpc) is 3.01. The Morgan fingerprint density at radius 2 is 1.96 bits per heavy atom. The van der Waals surface area contributed by atoms with Crippen LogP contribution in [0.2, 0.25) is 0 Å². The fraction of sp³-hybridized carbons (Fsp3) is 0.364. The Kier molecular flexibility index (Phi) is 5.12. The Labute approximate surface area is 156 Å². The molecule has 0 radical (unpaired) electrons. The van der Waals surface area contributed by atoms with E-state index in [0.717, 1.165) is 17.1 Å². The van der Waals surface area contributed by atoms with E-state index in [4.69, 9.17) is 4.98 Å². The van der Waals surface area contributed by atoms with Crippen molar-refractivity contribution in [3.63, 3.8) is 0 Å². The molecule has 1 aromatic carbocycles. The van der Waals surface area contributed by atoms with Gasteiger partial charge in [-0.1, -0.05) is 35.9 Å². The lowest BCUT2D eigenvalue weighted by Crippen LogP contribution is -2.34. The number of aryl methyl sites for hydroxylation is 2. The number of carbonyl (C=O) groups is 1. The molecular weight excluding hydrogens is 322 g/mol. The molecule has 2 heterocycles. The van der Waals surface area contributed by atoms with Crippen molar-refractivity contribution < 1.29 is 4.79 Å². The smallest absolute Gasteiger partial charge is 0.316 e. The molecule has 0 spiro atoms. The Hall–Kier alpha value is -2.62. The summed E-state index contributed by atoms with van der Waals surface area (Å²) >= 11 is 0. The Morgan fingerprint density at radius 3 is 2.62 bits per heavy atom. The molecule has 26 heavy (non-hydrogen) atoms. The minimum Gasteiger partial charge on any atom is -0.316 e. The highest BCUT2D eigenvalue weighted by Crippen LogP contribution is 2.29. The van der Waals surface area contributed by atoms with Gasteiger partial charge in [-0.15, -0.1) is 0 Å². The molecule has 0 aliphatic carbocycles. The van der Waals surface area contributed by atoms with Crippen LogP contribution >= 0.6 is 0 Å². The lowest BCUT2D eigenvalue weighted by atomic mass is 10.1. The largest absolute Gasteiger partial charge is 0.326 e. The van der Waals surface area contributed by atoms with Crippen LogP contribution in [0.25, 0.3) is 5.57 Å². The summed E-state index contributed by atoms with van der Waals surface area (Å²) in [7, 11) is 0. The number of hydrogen-bond acceptors (Lipinski definition) is 2. The SMILES string of the molecule is C/C=C(\C)c1ccc(N2CCN(C(C)c3cccc(C)c3)C2=O)nc1C. The summed E-state index contributed by atoms with van der Waals surface area (Å²) < 4.78 is 0. The fourth-order valence-corrected chi connectivity index (χ4v) is 3.51. The highest BCUT2D eigenvalue weighted by atomic mass is 16.2. The lowest BCUT2D eigenvalue weighted by Gasteiger charge is -2.25. The Morgan fingerprint density at radius 1 is 1.19 bits per heavy atom. The number of carbonyl (C=O) groups excluding carboxylic acids is 1. The molecule has 4 heteroatoms. The van der Waals surface area contributed by atoms with Crippen molar-refractivity contribution in [2.45, 2.75) is 40.7 Å². The van der Waals surface area contributed by atoms with Crippen molar-refractivity contribution >= 4 is 17.4 Å². The van der Waals surface area contributed by atoms with E-state index < -0.39 is 0 Å². The van der Waals surface area contributed by atoms with E-state index in [9.17, 15) is 4.79 Å². The maximum absolute atomic E-state index is 13.0. The minimum atomic E-state index is 0.0291. The van der Waals surface area contributed by atoms with Gasteiger partial charge in [0.1, 0.15) is 5.82 Å². The fourth-order valence-electron chi connectivity index (χ4n) is 3.51. The van der Waals surface area contributed by atoms with Crippen molar-refractivity contribution in [3.05, 3.63) is 64.9 Å². The van der Waals surface area contributed by atoms with Gasteiger partial charge >= 0.3 is 6.03 Å². The van der Waals surface area contributed by atoms with Crippen molar-refractivity contribution in [2.24, 2.45) is 0 Å². The minimum absolute atomic E-state index is 0.0291. The Bertz CT molecular complexity index is 856. The maximum Gasteiger partial charge on any atom is 0.326 e. The van der Waals surface area contributed by atoms with Crippen LogP contribution in [0.3, 0.4) is 0 Å². The zero-order valence-corrected chi connectivity index (χ0v) is 16.3. The van der Waals surface area contributed by atoms with Gasteiger partial charge < -0.3 is 4.90 Å². The van der Waals surface area contributed by atoms with Crippen LogP contribution in [0, 0.1) is 13.8 Å². The first-order valence-corrected chi connectivity index (χ1v) is 9.18. The maximum atomic E-state index is 13.0. The third-order valence-corrected chi connectivity index (χ3v) is 5.24. The topological polar surface area (TPSA) is 36.4 Å². The molecule has 1 atom stereocenters. The molecule has 3 rings (SSSR count). The van der Waals surface area contributed by atoms with E-state index in [1.54, 1.807) is 4.90 Å². The third kappa shape index (κ3) is 3.36. The second-order valence-electron chi connectivity index (χ2n) is 6.99. The highest BCUT2D eigenvalue weighted by Gasteiger charge is 2.34. The summed E-state index contributed by atoms with van der Waals surface area (Å²) in [6.07, 6.45) is 2.08. The number of pyridine rings is 1. The summed E-state index contributed by atoms with van der Waals surface area (Å²) in [5, 5.41) is 0. The van der Waals surface area contributed by atoms with Gasteiger partial charge in [-0.25, -0.2) is 9.78 Å². The predicted octanol–water partition coefficient (Wildman–Crippen LogP) is 5.12. The lowest BCUT2D eigenvalue weighted by molar-refractivity contribution is 0.205. The zero-order chi connectivity index (χ0) is 18.8. The van der Waals surface area contributed by atoms with Gasteiger partial charge in [-0.3, -0.25) is 4.90 Å². The van der Waals surface area contributed by atoms with E-state index in [2.05, 4.69) is 51.1 Å². The van der Waals surface area contributed by atoms with Gasteiger partial charge in [0.15, 0.2) is 0 Å². The number of amides is 2. The normalized spacial score (nSPS) is 16.3. The molecule has 1 saturated heterocycles. The number of rotatable bonds is 4. The van der Waals surface area contributed by atoms with Gasteiger partial charge in [-0.05, 0) is 63.5 Å². The number of hydrogen-bond donors (Lipinski definition) is 0. The average molecular weight is 349 g/mol. The summed E-state index contributed by atoms with van der Waals surface area (Å²) in [6.45, 7) is 11.7. The number of anilines is 1. The van der Waals surface area contributed by atoms with Crippen LogP contribution < -0.4 is 4.90 Å². The van der Waals surface area contributed by atoms with Crippen molar-refractivity contribution in [3.8, 4) is 0 Å². The number of benzene rings is 1. The molecule has 1 aromatic heterocycles. The second-order valence-corrected chi connectivity index (χ2v) is 6.99. The molecule has 1 aliphatic rings. The standard InChI is InChI=1S/C22H27N3O/c1-6-16(3)20-10-11-21(23-17(20)4)25-13-12-24(22(25)26)18(5)19-9-7-8-15(2)14-19/h6-11,14,18H,12-13H2,1-5H3/b16-6+. The molecule has 0 N–H and O–H groups in total. The van der Waals surface area contributed by atoms with Gasteiger partial charge in [0, 0.05) is 18.8 Å². The zero-order valence-electron chi connectivity index (χ0n) is 16.3. The Balaban J connectivity index is 1.82. The summed E-state index contributed by atoms with van der Waals surface area (Å²) in [4.78, 5) is 21.4. The first-order chi connectivity index (χ1) is 12.4. The predicted molar refractivity (Wildman–Crippen MR) is 107 cm³/mol. The number of aromatic nitrogens is 1. The number of nitrogens with zero attached hydrogens (tertiary/aromatic N) is 3. The summed E-state index contributed by atoms with van der Waals surface area (Å²) in [5.41, 5.74) is 5.67. The highest BCUT2D eigenvalue weighted by molar-refractivity contribution is 5.93. The van der Waals surface area contributed by atoms with Gasteiger partial charge in [-0.2, -0.15) is 0 Å². The quantitative estimate of drug-likeness (QED) is 0.767. The van der Waals surface area contributed by atoms with Crippen LogP contribution in [0.1, 0.15) is 49.2 Å². The van der Waals surface area contributed by atoms with Crippen molar-refractivity contribution in [1.82, 2.24) is 9.88 Å². The third-order valence-electron chi connectivity index (χ3n) is 5.24. The van der Waals surface area contributed by atoms with Crippen LogP contribution in [0.15, 0.2) is 42.5 Å². The number of allylic oxidation sites excluding steroid dienone is 2. The second kappa shape index (κ2) is 7.32. The van der Waals surface area contributed by atoms with Crippen LogP contribution in [0.4, 0.5) is 10.6 Å². The summed E-state index contributed by atoms with van der Waals surface area (Å²) in [6, 6.07) is 12.5. The molecule has 1 fully saturated rings. The first-order valence-electron chi connectivity index (χ1n) is 9.18. The molecule has 136 valence electrons. The van der Waals surface area contributed by atoms with Gasteiger partial charge in [0.25, 0.3) is 0 Å². The van der Waals surface area contributed by atoms with E-state index in [1.165, 1.54) is 16.7 Å². The van der Waals surface area contributed by atoms with Gasteiger partial charge in [0.2, 0.25) is 0 Å². The molecule has 1 aliphatic heterocycles. The van der Waals surface area contributed by atoms with E-state index in [-0.39, 0.29) is 12.1 Å². The van der Waals surface area contributed by atoms with Gasteiger partial charge in [0.05, 0.1) is 6.04 Å². The molecule has 4 nitrogen and oxygen atoms in total. The van der Waals surface area contributed by atoms with E-state index in [1.807, 2.05) is 30.9 Å². The molecule has 2 aromatic rings. The van der Waals surface area contributed by atoms with Crippen molar-refractivity contribution in [1.29, 1.82) is 0 Å². The number of urea groups is 1. The van der Waals surface area contributed by atoms with E-state index in [0.29, 0.717) is 13.1 Å². The monoisotopic (exact) mass is 349 g/mol. The summed E-state index contributed by atoms with van der Waals surface area (Å²) in [5.74, 6) is 0.735. The molecule has 2 amide bonds. The van der Waals surface area contributed by atoms with Crippen LogP contribution in [-0.2, 0) is 0 Å². The molecule has 0 saturated carbocycles. The first kappa shape index (κ1) is 18.2. The van der Waals surface area contributed by atoms with Crippen LogP contribution in [0.5, 0.6) is 0 Å². The van der Waals surface area contributed by atoms with Crippen LogP contribution in [-0.4, -0.2) is 29.0 Å². The molecular formula is C22H27N3O. The van der Waals surface area contributed by atoms with Crippen molar-refractivity contribution in [2.75, 3.05) is 18.0 Å².